The van der Waals surface area contributed by atoms with Crippen molar-refractivity contribution in [3.8, 4) is 11.1 Å². The highest BCUT2D eigenvalue weighted by Crippen LogP contribution is 2.37. The lowest BCUT2D eigenvalue weighted by Crippen LogP contribution is -2.10. The van der Waals surface area contributed by atoms with Gasteiger partial charge in [0.05, 0.1) is 0 Å². The summed E-state index contributed by atoms with van der Waals surface area (Å²) in [5, 5.41) is 9.02. The molecule has 6 rings (SSSR count). The number of aromatic nitrogens is 2. The number of aryl methyl sites for hydroxylation is 3. The van der Waals surface area contributed by atoms with Gasteiger partial charge >= 0.3 is 0 Å². The van der Waals surface area contributed by atoms with Crippen LogP contribution in [-0.2, 0) is 13.1 Å². The molecular formula is C38H43N5. The third-order valence-corrected chi connectivity index (χ3v) is 9.31. The molecule has 0 saturated carbocycles. The fourth-order valence-electron chi connectivity index (χ4n) is 6.91. The molecule has 0 aliphatic heterocycles. The molecule has 1 unspecified atom stereocenters. The summed E-state index contributed by atoms with van der Waals surface area (Å²) in [6, 6.07) is 27.8. The van der Waals surface area contributed by atoms with Gasteiger partial charge < -0.3 is 9.13 Å². The van der Waals surface area contributed by atoms with Crippen LogP contribution in [0.1, 0.15) is 63.5 Å². The van der Waals surface area contributed by atoms with Crippen molar-refractivity contribution in [2.24, 2.45) is 11.0 Å². The Morgan fingerprint density at radius 2 is 1.21 bits per heavy atom. The molecule has 43 heavy (non-hydrogen) atoms. The second kappa shape index (κ2) is 12.6. The standard InChI is InChI=1S/C38H43N5/c1-5-7-10-28(6-2)25-43-37-16-12-27(4)22-32(37)34-24-30(14-18-38(34)43)29-13-17-36-33(23-29)31-21-26(3)11-15-35(31)42(36)20-9-8-19-40-41-39/h11-18,21-24,28H,5-10,19-20,25H2,1-4H3. The monoisotopic (exact) mass is 569 g/mol. The van der Waals surface area contributed by atoms with Gasteiger partial charge in [-0.2, -0.15) is 0 Å². The van der Waals surface area contributed by atoms with Crippen LogP contribution in [0, 0.1) is 19.8 Å². The van der Waals surface area contributed by atoms with E-state index in [1.54, 1.807) is 0 Å². The number of unbranched alkanes of at least 4 members (excludes halogenated alkanes) is 2. The fraction of sp³-hybridized carbons (Fsp3) is 0.368. The molecule has 0 aliphatic carbocycles. The zero-order chi connectivity index (χ0) is 29.9. The summed E-state index contributed by atoms with van der Waals surface area (Å²) in [5.41, 5.74) is 18.9. The quantitative estimate of drug-likeness (QED) is 0.0609. The van der Waals surface area contributed by atoms with Crippen molar-refractivity contribution in [1.82, 2.24) is 9.13 Å². The minimum atomic E-state index is 0.549. The first-order chi connectivity index (χ1) is 21.0. The first-order valence-corrected chi connectivity index (χ1v) is 16.1. The van der Waals surface area contributed by atoms with Gasteiger partial charge in [0.25, 0.3) is 0 Å². The van der Waals surface area contributed by atoms with Crippen LogP contribution in [0.15, 0.2) is 77.9 Å². The number of azide groups is 1. The summed E-state index contributed by atoms with van der Waals surface area (Å²) in [5.74, 6) is 0.696. The predicted octanol–water partition coefficient (Wildman–Crippen LogP) is 11.5. The smallest absolute Gasteiger partial charge is 0.0491 e. The van der Waals surface area contributed by atoms with E-state index in [9.17, 15) is 0 Å². The molecule has 4 aromatic carbocycles. The number of hydrogen-bond acceptors (Lipinski definition) is 1. The van der Waals surface area contributed by atoms with Crippen molar-refractivity contribution in [3.63, 3.8) is 0 Å². The molecular weight excluding hydrogens is 526 g/mol. The van der Waals surface area contributed by atoms with Crippen LogP contribution in [0.2, 0.25) is 0 Å². The molecule has 0 N–H and O–H groups in total. The van der Waals surface area contributed by atoms with E-state index in [4.69, 9.17) is 5.53 Å². The van der Waals surface area contributed by atoms with Crippen molar-refractivity contribution in [1.29, 1.82) is 0 Å². The second-order valence-corrected chi connectivity index (χ2v) is 12.3. The zero-order valence-electron chi connectivity index (χ0n) is 26.1. The normalized spacial score (nSPS) is 12.5. The Morgan fingerprint density at radius 3 is 1.74 bits per heavy atom. The summed E-state index contributed by atoms with van der Waals surface area (Å²) >= 11 is 0. The van der Waals surface area contributed by atoms with E-state index in [0.29, 0.717) is 12.5 Å². The topological polar surface area (TPSA) is 58.6 Å². The maximum absolute atomic E-state index is 8.63. The van der Waals surface area contributed by atoms with Crippen LogP contribution < -0.4 is 0 Å². The molecule has 2 aromatic heterocycles. The van der Waals surface area contributed by atoms with Crippen LogP contribution in [0.4, 0.5) is 0 Å². The maximum atomic E-state index is 8.63. The second-order valence-electron chi connectivity index (χ2n) is 12.3. The first kappa shape index (κ1) is 28.9. The third-order valence-electron chi connectivity index (χ3n) is 9.31. The van der Waals surface area contributed by atoms with E-state index >= 15 is 0 Å². The molecule has 5 nitrogen and oxygen atoms in total. The van der Waals surface area contributed by atoms with E-state index in [2.05, 4.69) is 120 Å². The molecule has 220 valence electrons. The minimum Gasteiger partial charge on any atom is -0.340 e. The van der Waals surface area contributed by atoms with Crippen LogP contribution >= 0.6 is 0 Å². The van der Waals surface area contributed by atoms with Crippen molar-refractivity contribution in [3.05, 3.63) is 94.4 Å². The highest BCUT2D eigenvalue weighted by Gasteiger charge is 2.17. The lowest BCUT2D eigenvalue weighted by atomic mass is 9.99. The van der Waals surface area contributed by atoms with Crippen molar-refractivity contribution in [2.75, 3.05) is 6.54 Å². The number of fused-ring (bicyclic) bond motifs is 6. The van der Waals surface area contributed by atoms with Gasteiger partial charge in [-0.3, -0.25) is 0 Å². The van der Waals surface area contributed by atoms with Crippen LogP contribution in [0.3, 0.4) is 0 Å². The average Bonchev–Trinajstić information content (AvgIpc) is 3.49. The predicted molar refractivity (Wildman–Crippen MR) is 184 cm³/mol. The van der Waals surface area contributed by atoms with Gasteiger partial charge in [0.1, 0.15) is 0 Å². The minimum absolute atomic E-state index is 0.549. The van der Waals surface area contributed by atoms with Crippen LogP contribution in [0.25, 0.3) is 65.2 Å². The van der Waals surface area contributed by atoms with Crippen molar-refractivity contribution < 1.29 is 0 Å². The largest absolute Gasteiger partial charge is 0.340 e. The molecule has 0 bridgehead atoms. The van der Waals surface area contributed by atoms with E-state index in [1.165, 1.54) is 91.5 Å². The Bertz CT molecular complexity index is 1970. The van der Waals surface area contributed by atoms with E-state index in [1.807, 2.05) is 0 Å². The fourth-order valence-corrected chi connectivity index (χ4v) is 6.91. The van der Waals surface area contributed by atoms with E-state index in [-0.39, 0.29) is 0 Å². The highest BCUT2D eigenvalue weighted by atomic mass is 15.1. The van der Waals surface area contributed by atoms with E-state index < -0.39 is 0 Å². The van der Waals surface area contributed by atoms with Gasteiger partial charge in [-0.1, -0.05) is 73.6 Å². The number of nitrogens with zero attached hydrogens (tertiary/aromatic N) is 5. The van der Waals surface area contributed by atoms with Gasteiger partial charge in [0, 0.05) is 68.2 Å². The lowest BCUT2D eigenvalue weighted by molar-refractivity contribution is 0.401. The SMILES string of the molecule is CCCCC(CC)Cn1c2ccc(C)cc2c2cc(-c3ccc4c(c3)c3cc(C)ccc3n4CCCCN=[N+]=[N-])ccc21. The van der Waals surface area contributed by atoms with Gasteiger partial charge in [0.2, 0.25) is 0 Å². The van der Waals surface area contributed by atoms with E-state index in [0.717, 1.165) is 25.9 Å². The third kappa shape index (κ3) is 5.62. The number of benzene rings is 4. The molecule has 0 radical (unpaired) electrons. The molecule has 5 heteroatoms. The van der Waals surface area contributed by atoms with Gasteiger partial charge in [0.15, 0.2) is 0 Å². The molecule has 1 atom stereocenters. The summed E-state index contributed by atoms with van der Waals surface area (Å²) < 4.78 is 5.02. The highest BCUT2D eigenvalue weighted by molar-refractivity contribution is 6.11. The Balaban J connectivity index is 1.44. The van der Waals surface area contributed by atoms with Crippen molar-refractivity contribution >= 4 is 43.6 Å². The first-order valence-electron chi connectivity index (χ1n) is 16.1. The molecule has 0 spiro atoms. The lowest BCUT2D eigenvalue weighted by Gasteiger charge is -2.17. The Labute approximate surface area is 254 Å². The number of hydrogen-bond donors (Lipinski definition) is 0. The van der Waals surface area contributed by atoms with Crippen LogP contribution in [-0.4, -0.2) is 15.7 Å². The maximum Gasteiger partial charge on any atom is 0.0491 e. The molecule has 0 aliphatic rings. The molecule has 2 heterocycles. The average molecular weight is 570 g/mol. The molecule has 0 fully saturated rings. The Morgan fingerprint density at radius 1 is 0.674 bits per heavy atom. The summed E-state index contributed by atoms with van der Waals surface area (Å²) in [7, 11) is 0. The zero-order valence-corrected chi connectivity index (χ0v) is 26.1. The van der Waals surface area contributed by atoms with Gasteiger partial charge in [-0.05, 0) is 104 Å². The van der Waals surface area contributed by atoms with Gasteiger partial charge in [-0.25, -0.2) is 0 Å². The van der Waals surface area contributed by atoms with Crippen molar-refractivity contribution in [2.45, 2.75) is 79.3 Å². The summed E-state index contributed by atoms with van der Waals surface area (Å²) in [6.45, 7) is 11.5. The Kier molecular flexibility index (Phi) is 8.44. The summed E-state index contributed by atoms with van der Waals surface area (Å²) in [6.07, 6.45) is 6.93. The molecule has 0 amide bonds. The molecule has 0 saturated heterocycles. The number of rotatable bonds is 12. The molecule has 6 aromatic rings. The Hall–Kier alpha value is -4.21. The van der Waals surface area contributed by atoms with Crippen LogP contribution in [0.5, 0.6) is 0 Å². The van der Waals surface area contributed by atoms with Gasteiger partial charge in [-0.15, -0.1) is 0 Å². The summed E-state index contributed by atoms with van der Waals surface area (Å²) in [4.78, 5) is 2.90.